The molecule has 1 fully saturated rings. The molecule has 0 radical (unpaired) electrons. The largest absolute Gasteiger partial charge is 0.497 e. The number of nitrogens with one attached hydrogen (secondary N) is 1. The summed E-state index contributed by atoms with van der Waals surface area (Å²) < 4.78 is 39.9. The second-order valence-electron chi connectivity index (χ2n) is 8.08. The molecule has 4 rings (SSSR count). The summed E-state index contributed by atoms with van der Waals surface area (Å²) in [6.45, 7) is 1.56. The number of methoxy groups -OCH3 is 2. The second-order valence-corrected chi connectivity index (χ2v) is 10.0. The maximum Gasteiger partial charge on any atom is 0.243 e. The Morgan fingerprint density at radius 3 is 2.52 bits per heavy atom. The van der Waals surface area contributed by atoms with Crippen LogP contribution in [-0.2, 0) is 27.9 Å². The fraction of sp³-hybridized carbons (Fsp3) is 0.375. The molecule has 1 aliphatic rings. The zero-order valence-corrected chi connectivity index (χ0v) is 19.7. The highest BCUT2D eigenvalue weighted by Gasteiger charge is 2.26. The third kappa shape index (κ3) is 4.99. The van der Waals surface area contributed by atoms with Crippen LogP contribution in [0.4, 0.5) is 0 Å². The van der Waals surface area contributed by atoms with Crippen molar-refractivity contribution in [1.82, 2.24) is 14.2 Å². The average Bonchev–Trinajstić information content (AvgIpc) is 3.24. The Labute approximate surface area is 194 Å². The minimum atomic E-state index is -3.50. The number of hydrogen-bond acceptors (Lipinski definition) is 5. The summed E-state index contributed by atoms with van der Waals surface area (Å²) in [5, 5.41) is 3.70. The van der Waals surface area contributed by atoms with E-state index in [9.17, 15) is 13.2 Å². The molecular formula is C24H29N3O5S. The molecule has 1 N–H and O–H groups in total. The number of ether oxygens (including phenoxy) is 2. The quantitative estimate of drug-likeness (QED) is 0.545. The number of nitrogens with zero attached hydrogens (tertiary/aromatic N) is 2. The maximum atomic E-state index is 13.0. The molecule has 1 amide bonds. The predicted molar refractivity (Wildman–Crippen MR) is 126 cm³/mol. The van der Waals surface area contributed by atoms with Gasteiger partial charge in [0.1, 0.15) is 18.0 Å². The Balaban J connectivity index is 1.46. The third-order valence-electron chi connectivity index (χ3n) is 5.97. The number of fused-ring (bicyclic) bond motifs is 1. The number of benzene rings is 2. The smallest absolute Gasteiger partial charge is 0.243 e. The molecule has 8 nitrogen and oxygen atoms in total. The van der Waals surface area contributed by atoms with E-state index in [0.717, 1.165) is 35.7 Å². The summed E-state index contributed by atoms with van der Waals surface area (Å²) in [5.74, 6) is 1.19. The van der Waals surface area contributed by atoms with Gasteiger partial charge in [0.25, 0.3) is 0 Å². The van der Waals surface area contributed by atoms with Gasteiger partial charge >= 0.3 is 0 Å². The van der Waals surface area contributed by atoms with Crippen molar-refractivity contribution in [3.8, 4) is 11.5 Å². The minimum Gasteiger partial charge on any atom is -0.497 e. The van der Waals surface area contributed by atoms with Crippen LogP contribution in [0.5, 0.6) is 11.5 Å². The van der Waals surface area contributed by atoms with Crippen molar-refractivity contribution < 1.29 is 22.7 Å². The molecule has 1 aromatic heterocycles. The molecule has 176 valence electrons. The lowest BCUT2D eigenvalue weighted by molar-refractivity contribution is -0.121. The number of aromatic nitrogens is 1. The number of hydrogen-bond donors (Lipinski definition) is 1. The maximum absolute atomic E-state index is 13.0. The SMILES string of the molecule is COc1ccc(OC)c(CNC(=O)Cn2ccc3cc(S(=O)(=O)N4CCCCC4)ccc32)c1. The number of piperidine rings is 1. The first-order chi connectivity index (χ1) is 15.9. The molecule has 0 saturated carbocycles. The number of rotatable bonds is 8. The number of sulfonamides is 1. The Morgan fingerprint density at radius 1 is 1.00 bits per heavy atom. The highest BCUT2D eigenvalue weighted by molar-refractivity contribution is 7.89. The standard InChI is InChI=1S/C24H29N3O5S/c1-31-20-6-9-23(32-2)19(14-20)16-25-24(28)17-26-13-10-18-15-21(7-8-22(18)26)33(29,30)27-11-4-3-5-12-27/h6-10,13-15H,3-5,11-12,16-17H2,1-2H3,(H,25,28). The van der Waals surface area contributed by atoms with Gasteiger partial charge in [0.05, 0.1) is 19.1 Å². The molecule has 0 atom stereocenters. The zero-order chi connectivity index (χ0) is 23.4. The van der Waals surface area contributed by atoms with Crippen LogP contribution in [0.3, 0.4) is 0 Å². The predicted octanol–water partition coefficient (Wildman–Crippen LogP) is 3.15. The van der Waals surface area contributed by atoms with E-state index in [2.05, 4.69) is 5.32 Å². The van der Waals surface area contributed by atoms with E-state index in [1.807, 2.05) is 16.7 Å². The van der Waals surface area contributed by atoms with Crippen molar-refractivity contribution >= 4 is 26.8 Å². The molecule has 1 saturated heterocycles. The molecule has 0 unspecified atom stereocenters. The van der Waals surface area contributed by atoms with E-state index in [1.54, 1.807) is 55.1 Å². The lowest BCUT2D eigenvalue weighted by Crippen LogP contribution is -2.35. The van der Waals surface area contributed by atoms with Gasteiger partial charge in [-0.15, -0.1) is 0 Å². The summed E-state index contributed by atoms with van der Waals surface area (Å²) >= 11 is 0. The highest BCUT2D eigenvalue weighted by Crippen LogP contribution is 2.26. The monoisotopic (exact) mass is 471 g/mol. The molecule has 0 spiro atoms. The first-order valence-corrected chi connectivity index (χ1v) is 12.4. The van der Waals surface area contributed by atoms with Gasteiger partial charge in [-0.2, -0.15) is 4.31 Å². The Hall–Kier alpha value is -3.04. The van der Waals surface area contributed by atoms with E-state index in [-0.39, 0.29) is 12.5 Å². The summed E-state index contributed by atoms with van der Waals surface area (Å²) in [6.07, 6.45) is 4.66. The summed E-state index contributed by atoms with van der Waals surface area (Å²) in [7, 11) is -0.326. The first-order valence-electron chi connectivity index (χ1n) is 11.0. The van der Waals surface area contributed by atoms with Crippen molar-refractivity contribution in [3.05, 3.63) is 54.2 Å². The van der Waals surface area contributed by atoms with Gasteiger partial charge in [-0.3, -0.25) is 4.79 Å². The average molecular weight is 472 g/mol. The van der Waals surface area contributed by atoms with Gasteiger partial charge in [0.15, 0.2) is 0 Å². The van der Waals surface area contributed by atoms with Crippen LogP contribution in [0, 0.1) is 0 Å². The summed E-state index contributed by atoms with van der Waals surface area (Å²) in [6, 6.07) is 12.4. The molecule has 9 heteroatoms. The third-order valence-corrected chi connectivity index (χ3v) is 7.87. The number of carbonyl (C=O) groups excluding carboxylic acids is 1. The van der Waals surface area contributed by atoms with Crippen molar-refractivity contribution in [1.29, 1.82) is 0 Å². The van der Waals surface area contributed by atoms with Crippen LogP contribution in [0.25, 0.3) is 10.9 Å². The van der Waals surface area contributed by atoms with Crippen LogP contribution in [0.1, 0.15) is 24.8 Å². The molecular weight excluding hydrogens is 442 g/mol. The summed E-state index contributed by atoms with van der Waals surface area (Å²) in [4.78, 5) is 12.9. The minimum absolute atomic E-state index is 0.119. The normalized spacial score (nSPS) is 14.8. The van der Waals surface area contributed by atoms with E-state index >= 15 is 0 Å². The van der Waals surface area contributed by atoms with E-state index in [1.165, 1.54) is 0 Å². The Morgan fingerprint density at radius 2 is 1.79 bits per heavy atom. The molecule has 33 heavy (non-hydrogen) atoms. The van der Waals surface area contributed by atoms with Crippen molar-refractivity contribution in [2.75, 3.05) is 27.3 Å². The second kappa shape index (κ2) is 9.84. The van der Waals surface area contributed by atoms with Crippen LogP contribution in [0.2, 0.25) is 0 Å². The lowest BCUT2D eigenvalue weighted by atomic mass is 10.2. The molecule has 2 aromatic carbocycles. The van der Waals surface area contributed by atoms with E-state index in [0.29, 0.717) is 36.0 Å². The first kappa shape index (κ1) is 23.1. The van der Waals surface area contributed by atoms with Crippen molar-refractivity contribution in [3.63, 3.8) is 0 Å². The van der Waals surface area contributed by atoms with Gasteiger partial charge < -0.3 is 19.4 Å². The molecule has 1 aliphatic heterocycles. The highest BCUT2D eigenvalue weighted by atomic mass is 32.2. The van der Waals surface area contributed by atoms with Crippen molar-refractivity contribution in [2.45, 2.75) is 37.2 Å². The fourth-order valence-corrected chi connectivity index (χ4v) is 5.71. The number of carbonyl (C=O) groups is 1. The van der Waals surface area contributed by atoms with Crippen LogP contribution >= 0.6 is 0 Å². The van der Waals surface area contributed by atoms with Gasteiger partial charge in [0, 0.05) is 42.3 Å². The molecule has 0 bridgehead atoms. The molecule has 0 aliphatic carbocycles. The van der Waals surface area contributed by atoms with Gasteiger partial charge in [-0.05, 0) is 55.3 Å². The Bertz CT molecular complexity index is 1250. The molecule has 2 heterocycles. The molecule has 3 aromatic rings. The fourth-order valence-electron chi connectivity index (χ4n) is 4.16. The van der Waals surface area contributed by atoms with Gasteiger partial charge in [-0.25, -0.2) is 8.42 Å². The van der Waals surface area contributed by atoms with Gasteiger partial charge in [-0.1, -0.05) is 6.42 Å². The topological polar surface area (TPSA) is 89.9 Å². The van der Waals surface area contributed by atoms with Crippen LogP contribution < -0.4 is 14.8 Å². The summed E-state index contributed by atoms with van der Waals surface area (Å²) in [5.41, 5.74) is 1.62. The van der Waals surface area contributed by atoms with Crippen molar-refractivity contribution in [2.24, 2.45) is 0 Å². The Kier molecular flexibility index (Phi) is 6.90. The van der Waals surface area contributed by atoms with E-state index < -0.39 is 10.0 Å². The van der Waals surface area contributed by atoms with Crippen LogP contribution in [-0.4, -0.2) is 50.5 Å². The lowest BCUT2D eigenvalue weighted by Gasteiger charge is -2.25. The zero-order valence-electron chi connectivity index (χ0n) is 18.9. The van der Waals surface area contributed by atoms with E-state index in [4.69, 9.17) is 9.47 Å². The van der Waals surface area contributed by atoms with Gasteiger partial charge in [0.2, 0.25) is 15.9 Å². The number of amides is 1. The van der Waals surface area contributed by atoms with Crippen LogP contribution in [0.15, 0.2) is 53.6 Å².